The van der Waals surface area contributed by atoms with E-state index in [1.165, 1.54) is 11.3 Å². The molecule has 0 aliphatic carbocycles. The number of likely N-dealkylation sites (N-methyl/N-ethyl adjacent to an activating group) is 1. The topological polar surface area (TPSA) is 32.3 Å². The highest BCUT2D eigenvalue weighted by Gasteiger charge is 2.14. The summed E-state index contributed by atoms with van der Waals surface area (Å²) in [5.74, 6) is 0. The van der Waals surface area contributed by atoms with Crippen LogP contribution in [0.3, 0.4) is 0 Å². The van der Waals surface area contributed by atoms with Gasteiger partial charge < -0.3 is 10.4 Å². The summed E-state index contributed by atoms with van der Waals surface area (Å²) >= 11 is 12.9. The van der Waals surface area contributed by atoms with Crippen molar-refractivity contribution in [1.82, 2.24) is 5.32 Å². The molecule has 0 saturated carbocycles. The molecule has 0 aliphatic rings. The zero-order chi connectivity index (χ0) is 9.14. The summed E-state index contributed by atoms with van der Waals surface area (Å²) in [4.78, 5) is 0. The van der Waals surface area contributed by atoms with E-state index >= 15 is 0 Å². The van der Waals surface area contributed by atoms with Crippen LogP contribution in [0.4, 0.5) is 0 Å². The smallest absolute Gasteiger partial charge is 0.0992 e. The maximum atomic E-state index is 8.95. The number of halogens is 2. The third kappa shape index (κ3) is 2.12. The van der Waals surface area contributed by atoms with Gasteiger partial charge in [-0.2, -0.15) is 0 Å². The Kier molecular flexibility index (Phi) is 3.80. The monoisotopic (exact) mass is 225 g/mol. The maximum Gasteiger partial charge on any atom is 0.0992 e. The molecule has 0 fully saturated rings. The van der Waals surface area contributed by atoms with E-state index in [-0.39, 0.29) is 12.6 Å². The van der Waals surface area contributed by atoms with E-state index in [9.17, 15) is 0 Å². The first-order valence-corrected chi connectivity index (χ1v) is 4.99. The van der Waals surface area contributed by atoms with Crippen LogP contribution in [0.5, 0.6) is 0 Å². The van der Waals surface area contributed by atoms with E-state index in [4.69, 9.17) is 28.3 Å². The Balaban J connectivity index is 2.91. The summed E-state index contributed by atoms with van der Waals surface area (Å²) in [6, 6.07) is 1.65. The molecule has 1 heterocycles. The number of aliphatic hydroxyl groups excluding tert-OH is 1. The predicted octanol–water partition coefficient (Wildman–Crippen LogP) is 2.31. The van der Waals surface area contributed by atoms with Gasteiger partial charge in [-0.15, -0.1) is 11.3 Å². The summed E-state index contributed by atoms with van der Waals surface area (Å²) in [6.45, 7) is 0.0171. The Labute approximate surface area is 85.1 Å². The molecule has 68 valence electrons. The van der Waals surface area contributed by atoms with Crippen LogP contribution < -0.4 is 5.32 Å². The Morgan fingerprint density at radius 3 is 2.67 bits per heavy atom. The van der Waals surface area contributed by atoms with E-state index in [0.29, 0.717) is 8.67 Å². The van der Waals surface area contributed by atoms with Gasteiger partial charge in [0.1, 0.15) is 0 Å². The molecule has 2 nitrogen and oxygen atoms in total. The molecule has 1 rings (SSSR count). The van der Waals surface area contributed by atoms with Gasteiger partial charge in [-0.05, 0) is 13.1 Å². The van der Waals surface area contributed by atoms with E-state index in [2.05, 4.69) is 5.32 Å². The van der Waals surface area contributed by atoms with E-state index in [1.54, 1.807) is 13.1 Å². The molecule has 0 aromatic carbocycles. The molecular formula is C7H9Cl2NOS. The Morgan fingerprint density at radius 1 is 1.67 bits per heavy atom. The van der Waals surface area contributed by atoms with Gasteiger partial charge in [-0.3, -0.25) is 0 Å². The number of hydrogen-bond acceptors (Lipinski definition) is 3. The normalized spacial score (nSPS) is 13.3. The molecule has 0 aliphatic heterocycles. The largest absolute Gasteiger partial charge is 0.394 e. The molecule has 0 bridgehead atoms. The molecule has 1 atom stereocenters. The van der Waals surface area contributed by atoms with Crippen molar-refractivity contribution >= 4 is 34.5 Å². The Hall–Kier alpha value is 0.200. The van der Waals surface area contributed by atoms with Gasteiger partial charge >= 0.3 is 0 Å². The van der Waals surface area contributed by atoms with Gasteiger partial charge in [-0.1, -0.05) is 23.2 Å². The van der Waals surface area contributed by atoms with Crippen LogP contribution in [0.2, 0.25) is 8.67 Å². The number of thiophene rings is 1. The van der Waals surface area contributed by atoms with Crippen LogP contribution in [0, 0.1) is 0 Å². The second-order valence-electron chi connectivity index (χ2n) is 2.30. The lowest BCUT2D eigenvalue weighted by Gasteiger charge is -2.11. The van der Waals surface area contributed by atoms with Crippen LogP contribution in [0.25, 0.3) is 0 Å². The molecule has 1 aromatic heterocycles. The van der Waals surface area contributed by atoms with Crippen molar-refractivity contribution in [2.75, 3.05) is 13.7 Å². The van der Waals surface area contributed by atoms with Gasteiger partial charge in [0.15, 0.2) is 0 Å². The molecule has 12 heavy (non-hydrogen) atoms. The zero-order valence-corrected chi connectivity index (χ0v) is 8.80. The highest BCUT2D eigenvalue weighted by Crippen LogP contribution is 2.34. The van der Waals surface area contributed by atoms with Crippen molar-refractivity contribution in [3.05, 3.63) is 20.3 Å². The molecule has 0 amide bonds. The second-order valence-corrected chi connectivity index (χ2v) is 4.59. The van der Waals surface area contributed by atoms with Crippen molar-refractivity contribution in [1.29, 1.82) is 0 Å². The fourth-order valence-electron chi connectivity index (χ4n) is 0.936. The fraction of sp³-hybridized carbons (Fsp3) is 0.429. The van der Waals surface area contributed by atoms with E-state index in [1.807, 2.05) is 0 Å². The van der Waals surface area contributed by atoms with Crippen molar-refractivity contribution in [3.63, 3.8) is 0 Å². The highest BCUT2D eigenvalue weighted by molar-refractivity contribution is 7.20. The zero-order valence-electron chi connectivity index (χ0n) is 6.47. The van der Waals surface area contributed by atoms with Gasteiger partial charge in [0.05, 0.1) is 21.3 Å². The van der Waals surface area contributed by atoms with E-state index in [0.717, 1.165) is 5.56 Å². The first-order valence-electron chi connectivity index (χ1n) is 3.42. The van der Waals surface area contributed by atoms with Crippen molar-refractivity contribution in [2.24, 2.45) is 0 Å². The van der Waals surface area contributed by atoms with Gasteiger partial charge in [-0.25, -0.2) is 0 Å². The van der Waals surface area contributed by atoms with Crippen LogP contribution in [0.1, 0.15) is 11.6 Å². The molecule has 0 spiro atoms. The summed E-state index contributed by atoms with van der Waals surface area (Å²) < 4.78 is 1.28. The number of aliphatic hydroxyl groups is 1. The first-order chi connectivity index (χ1) is 5.69. The van der Waals surface area contributed by atoms with Crippen molar-refractivity contribution < 1.29 is 5.11 Å². The minimum Gasteiger partial charge on any atom is -0.394 e. The second kappa shape index (κ2) is 4.44. The molecule has 5 heteroatoms. The molecule has 0 radical (unpaired) electrons. The summed E-state index contributed by atoms with van der Waals surface area (Å²) in [5.41, 5.74) is 0.858. The standard InChI is InChI=1S/C7H9Cl2NOS/c1-10-5(3-11)4-2-6(8)12-7(4)9/h2,5,10-11H,3H2,1H3. The lowest BCUT2D eigenvalue weighted by Crippen LogP contribution is -2.19. The van der Waals surface area contributed by atoms with Gasteiger partial charge in [0, 0.05) is 5.56 Å². The Bertz CT molecular complexity index is 260. The van der Waals surface area contributed by atoms with Crippen LogP contribution >= 0.6 is 34.5 Å². The average molecular weight is 226 g/mol. The Morgan fingerprint density at radius 2 is 2.33 bits per heavy atom. The van der Waals surface area contributed by atoms with Crippen LogP contribution in [0.15, 0.2) is 6.07 Å². The van der Waals surface area contributed by atoms with E-state index < -0.39 is 0 Å². The molecule has 1 unspecified atom stereocenters. The lowest BCUT2D eigenvalue weighted by molar-refractivity contribution is 0.251. The summed E-state index contributed by atoms with van der Waals surface area (Å²) in [5, 5.41) is 11.9. The molecule has 2 N–H and O–H groups in total. The summed E-state index contributed by atoms with van der Waals surface area (Å²) in [7, 11) is 1.77. The lowest BCUT2D eigenvalue weighted by atomic mass is 10.2. The van der Waals surface area contributed by atoms with Gasteiger partial charge in [0.2, 0.25) is 0 Å². The minimum absolute atomic E-state index is 0.0171. The predicted molar refractivity (Wildman–Crippen MR) is 53.2 cm³/mol. The number of rotatable bonds is 3. The quantitative estimate of drug-likeness (QED) is 0.828. The van der Waals surface area contributed by atoms with Crippen molar-refractivity contribution in [2.45, 2.75) is 6.04 Å². The molecule has 0 saturated heterocycles. The van der Waals surface area contributed by atoms with Gasteiger partial charge in [0.25, 0.3) is 0 Å². The fourth-order valence-corrected chi connectivity index (χ4v) is 2.51. The summed E-state index contributed by atoms with van der Waals surface area (Å²) in [6.07, 6.45) is 0. The number of nitrogens with one attached hydrogen (secondary N) is 1. The number of hydrogen-bond donors (Lipinski definition) is 2. The van der Waals surface area contributed by atoms with Crippen LogP contribution in [-0.4, -0.2) is 18.8 Å². The molecule has 1 aromatic rings. The third-order valence-electron chi connectivity index (χ3n) is 1.59. The SMILES string of the molecule is CNC(CO)c1cc(Cl)sc1Cl. The van der Waals surface area contributed by atoms with Crippen molar-refractivity contribution in [3.8, 4) is 0 Å². The van der Waals surface area contributed by atoms with Crippen LogP contribution in [-0.2, 0) is 0 Å². The first kappa shape index (κ1) is 10.3. The third-order valence-corrected chi connectivity index (χ3v) is 3.11. The minimum atomic E-state index is -0.124. The average Bonchev–Trinajstić information content (AvgIpc) is 2.34. The maximum absolute atomic E-state index is 8.95. The molecular weight excluding hydrogens is 217 g/mol. The highest BCUT2D eigenvalue weighted by atomic mass is 35.5.